The molecule has 0 unspecified atom stereocenters. The van der Waals surface area contributed by atoms with Crippen molar-refractivity contribution in [3.63, 3.8) is 0 Å². The summed E-state index contributed by atoms with van der Waals surface area (Å²) in [5.41, 5.74) is 0. The Morgan fingerprint density at radius 1 is 0.500 bits per heavy atom. The Kier molecular flexibility index (Phi) is 127. The zero-order valence-electron chi connectivity index (χ0n) is 1.71. The van der Waals surface area contributed by atoms with E-state index in [4.69, 9.17) is 0 Å². The van der Waals surface area contributed by atoms with Crippen molar-refractivity contribution in [2.24, 2.45) is 0 Å². The summed E-state index contributed by atoms with van der Waals surface area (Å²) in [6, 6.07) is 0. The van der Waals surface area contributed by atoms with E-state index in [0.29, 0.717) is 0 Å². The molecular weight excluding hydrogens is 453 g/mol. The molecule has 0 aliphatic carbocycles. The van der Waals surface area contributed by atoms with Gasteiger partial charge in [-0.15, -0.1) is 0 Å². The third-order valence-corrected chi connectivity index (χ3v) is 0. The van der Waals surface area contributed by atoms with Crippen LogP contribution in [-0.4, -0.2) is 17.6 Å². The van der Waals surface area contributed by atoms with Gasteiger partial charge < -0.3 is 71.9 Å². The molecule has 4 heavy (non-hydrogen) atoms. The van der Waals surface area contributed by atoms with Crippen molar-refractivity contribution >= 4 is 17.6 Å². The Labute approximate surface area is 87.9 Å². The molecule has 0 bridgehead atoms. The van der Waals surface area contributed by atoms with Crippen LogP contribution in [-0.2, 0) is 0 Å². The monoisotopic (exact) mass is 456 g/mol. The maximum absolute atomic E-state index is 0. The largest absolute Gasteiger partial charge is 1.00 e. The fourth-order valence-electron chi connectivity index (χ4n) is 0. The van der Waals surface area contributed by atoms with Gasteiger partial charge in [0.1, 0.15) is 0 Å². The summed E-state index contributed by atoms with van der Waals surface area (Å²) < 4.78 is 0. The first-order chi connectivity index (χ1) is 0. The molecule has 0 aromatic heterocycles. The molecule has 26 valence electrons. The number of hydrogen-bond acceptors (Lipinski definition) is 0. The van der Waals surface area contributed by atoms with E-state index in [9.17, 15) is 0 Å². The van der Waals surface area contributed by atoms with E-state index < -0.39 is 0 Å². The van der Waals surface area contributed by atoms with Crippen LogP contribution in [0.3, 0.4) is 0 Å². The second kappa shape index (κ2) is 17.2. The topological polar surface area (TPSA) is 0 Å². The number of rotatable bonds is 0. The number of halogens is 3. The second-order valence-corrected chi connectivity index (χ2v) is 0. The van der Waals surface area contributed by atoms with E-state index in [1.54, 1.807) is 0 Å². The predicted molar refractivity (Wildman–Crippen MR) is 7.15 cm³/mol. The molecule has 0 amide bonds. The molecule has 0 saturated carbocycles. The molecule has 0 aliphatic heterocycles. The van der Waals surface area contributed by atoms with E-state index in [0.717, 1.165) is 0 Å². The minimum Gasteiger partial charge on any atom is -1.00 e. The van der Waals surface area contributed by atoms with Gasteiger partial charge in [-0.25, -0.2) is 0 Å². The third-order valence-electron chi connectivity index (χ3n) is 0. The van der Waals surface area contributed by atoms with Crippen LogP contribution in [0.5, 0.6) is 0 Å². The molecule has 0 heterocycles. The zero-order valence-corrected chi connectivity index (χ0v) is 10.6. The smallest absolute Gasteiger partial charge is 1.00 e. The average molecular weight is 454 g/mol. The van der Waals surface area contributed by atoms with Crippen LogP contribution in [0.1, 0.15) is 0 Å². The molecule has 0 rings (SSSR count). The summed E-state index contributed by atoms with van der Waals surface area (Å²) in [4.78, 5) is 0. The molecule has 0 aliphatic rings. The van der Waals surface area contributed by atoms with Crippen LogP contribution >= 0.6 is 0 Å². The third kappa shape index (κ3) is 8.83. The molecule has 0 fully saturated rings. The molecule has 0 aromatic carbocycles. The van der Waals surface area contributed by atoms with Gasteiger partial charge in [0.15, 0.2) is 0 Å². The summed E-state index contributed by atoms with van der Waals surface area (Å²) in [5.74, 6) is 0. The first-order valence-electron chi connectivity index (χ1n) is 0. The fourth-order valence-corrected chi connectivity index (χ4v) is 0. The van der Waals surface area contributed by atoms with Crippen LogP contribution in [0.2, 0.25) is 0 Å². The standard InChI is InChI=1S/GeH.3HI/h4*1H/q+3;;;/p-3. The Hall–Kier alpha value is 2.73. The molecule has 0 saturated heterocycles. The summed E-state index contributed by atoms with van der Waals surface area (Å²) in [6.45, 7) is 0. The maximum atomic E-state index is 0. The minimum atomic E-state index is 0. The first-order valence-corrected chi connectivity index (χ1v) is 0. The van der Waals surface area contributed by atoms with E-state index in [2.05, 4.69) is 0 Å². The van der Waals surface area contributed by atoms with Gasteiger partial charge in [-0.2, -0.15) is 0 Å². The van der Waals surface area contributed by atoms with Crippen molar-refractivity contribution in [3.05, 3.63) is 0 Å². The van der Waals surface area contributed by atoms with E-state index >= 15 is 0 Å². The maximum Gasteiger partial charge on any atom is -1.00 e. The summed E-state index contributed by atoms with van der Waals surface area (Å²) in [7, 11) is 0. The van der Waals surface area contributed by atoms with Crippen molar-refractivity contribution in [2.75, 3.05) is 0 Å². The average Bonchev–Trinajstić information content (AvgIpc) is 0. The van der Waals surface area contributed by atoms with Crippen molar-refractivity contribution in [3.8, 4) is 0 Å². The predicted octanol–water partition coefficient (Wildman–Crippen LogP) is -9.64. The van der Waals surface area contributed by atoms with E-state index in [-0.39, 0.29) is 89.5 Å². The van der Waals surface area contributed by atoms with Crippen LogP contribution in [0.4, 0.5) is 0 Å². The SMILES string of the molecule is [GeH+3].[I-].[I-].[I-]. The first kappa shape index (κ1) is 29.6. The van der Waals surface area contributed by atoms with Gasteiger partial charge in [0, 0.05) is 0 Å². The summed E-state index contributed by atoms with van der Waals surface area (Å²) >= 11 is 0. The number of hydrogen-bond donors (Lipinski definition) is 0. The van der Waals surface area contributed by atoms with E-state index in [1.165, 1.54) is 0 Å². The van der Waals surface area contributed by atoms with Crippen molar-refractivity contribution < 1.29 is 71.9 Å². The molecule has 4 heteroatoms. The molecule has 0 N–H and O–H groups in total. The molecule has 0 spiro atoms. The van der Waals surface area contributed by atoms with Gasteiger partial charge in [-0.3, -0.25) is 0 Å². The van der Waals surface area contributed by atoms with E-state index in [1.807, 2.05) is 0 Å². The molecular formula is HGeI3. The Morgan fingerprint density at radius 3 is 0.500 bits per heavy atom. The normalized spacial score (nSPS) is 0. The minimum absolute atomic E-state index is 0. The van der Waals surface area contributed by atoms with Crippen LogP contribution in [0, 0.1) is 0 Å². The Bertz CT molecular complexity index is 3.25. The molecule has 0 aromatic rings. The molecule has 0 atom stereocenters. The second-order valence-electron chi connectivity index (χ2n) is 0. The van der Waals surface area contributed by atoms with Gasteiger partial charge in [0.2, 0.25) is 0 Å². The summed E-state index contributed by atoms with van der Waals surface area (Å²) in [6.07, 6.45) is 0. The Balaban J connectivity index is 0. The fraction of sp³-hybridized carbons (Fsp3) is 0. The van der Waals surface area contributed by atoms with Crippen molar-refractivity contribution in [1.82, 2.24) is 0 Å². The summed E-state index contributed by atoms with van der Waals surface area (Å²) in [5, 5.41) is 0. The van der Waals surface area contributed by atoms with Gasteiger partial charge in [0.05, 0.1) is 0 Å². The van der Waals surface area contributed by atoms with Gasteiger partial charge in [-0.05, 0) is 0 Å². The zero-order chi connectivity index (χ0) is 0. The van der Waals surface area contributed by atoms with Gasteiger partial charge in [-0.1, -0.05) is 0 Å². The van der Waals surface area contributed by atoms with Crippen molar-refractivity contribution in [1.29, 1.82) is 0 Å². The van der Waals surface area contributed by atoms with Gasteiger partial charge >= 0.3 is 17.6 Å². The van der Waals surface area contributed by atoms with Crippen LogP contribution in [0.15, 0.2) is 0 Å². The van der Waals surface area contributed by atoms with Crippen LogP contribution < -0.4 is 71.9 Å². The molecule has 0 radical (unpaired) electrons. The quantitative estimate of drug-likeness (QED) is 0.252. The van der Waals surface area contributed by atoms with Crippen LogP contribution in [0.25, 0.3) is 0 Å². The molecule has 0 nitrogen and oxygen atoms in total. The van der Waals surface area contributed by atoms with Gasteiger partial charge in [0.25, 0.3) is 0 Å². The Morgan fingerprint density at radius 2 is 0.500 bits per heavy atom. The van der Waals surface area contributed by atoms with Crippen molar-refractivity contribution in [2.45, 2.75) is 0 Å².